The lowest BCUT2D eigenvalue weighted by atomic mass is 10.0. The fourth-order valence-electron chi connectivity index (χ4n) is 2.72. The number of benzene rings is 3. The van der Waals surface area contributed by atoms with Gasteiger partial charge in [-0.2, -0.15) is 5.10 Å². The molecule has 0 bridgehead atoms. The first-order valence-corrected chi connectivity index (χ1v) is 8.68. The Bertz CT molecular complexity index is 907. The van der Waals surface area contributed by atoms with Crippen molar-refractivity contribution < 1.29 is 9.47 Å². The molecule has 0 amide bonds. The molecule has 0 heterocycles. The van der Waals surface area contributed by atoms with E-state index < -0.39 is 0 Å². The zero-order valence-electron chi connectivity index (χ0n) is 15.7. The van der Waals surface area contributed by atoms with Gasteiger partial charge in [0.15, 0.2) is 11.5 Å². The molecule has 136 valence electrons. The number of methoxy groups -OCH3 is 2. The van der Waals surface area contributed by atoms with E-state index in [0.717, 1.165) is 28.1 Å². The fourth-order valence-corrected chi connectivity index (χ4v) is 2.72. The van der Waals surface area contributed by atoms with Gasteiger partial charge in [-0.25, -0.2) is 0 Å². The third-order valence-electron chi connectivity index (χ3n) is 4.20. The molecule has 0 aliphatic rings. The highest BCUT2D eigenvalue weighted by molar-refractivity contribution is 6.13. The van der Waals surface area contributed by atoms with Crippen LogP contribution < -0.4 is 9.47 Å². The van der Waals surface area contributed by atoms with Gasteiger partial charge in [-0.05, 0) is 25.1 Å². The molecule has 4 heteroatoms. The van der Waals surface area contributed by atoms with Crippen LogP contribution in [0.15, 0.2) is 89.1 Å². The van der Waals surface area contributed by atoms with Crippen molar-refractivity contribution >= 4 is 11.4 Å². The molecule has 0 aliphatic heterocycles. The van der Waals surface area contributed by atoms with E-state index in [0.29, 0.717) is 11.5 Å². The maximum Gasteiger partial charge on any atom is 0.161 e. The summed E-state index contributed by atoms with van der Waals surface area (Å²) in [7, 11) is 3.24. The van der Waals surface area contributed by atoms with Crippen LogP contribution in [-0.4, -0.2) is 25.6 Å². The van der Waals surface area contributed by atoms with Crippen LogP contribution in [0.5, 0.6) is 11.5 Å². The first kappa shape index (κ1) is 18.4. The van der Waals surface area contributed by atoms with Gasteiger partial charge >= 0.3 is 0 Å². The fraction of sp³-hybridized carbons (Fsp3) is 0.130. The second-order valence-electron chi connectivity index (χ2n) is 5.94. The molecule has 0 N–H and O–H groups in total. The first-order chi connectivity index (χ1) is 13.2. The van der Waals surface area contributed by atoms with Crippen LogP contribution in [0.4, 0.5) is 0 Å². The molecule has 27 heavy (non-hydrogen) atoms. The summed E-state index contributed by atoms with van der Waals surface area (Å²) >= 11 is 0. The van der Waals surface area contributed by atoms with Gasteiger partial charge in [-0.15, -0.1) is 5.10 Å². The highest BCUT2D eigenvalue weighted by Gasteiger charge is 2.08. The minimum absolute atomic E-state index is 0.667. The summed E-state index contributed by atoms with van der Waals surface area (Å²) in [6.07, 6.45) is 0. The molecule has 0 fully saturated rings. The largest absolute Gasteiger partial charge is 0.493 e. The summed E-state index contributed by atoms with van der Waals surface area (Å²) in [6, 6.07) is 25.8. The van der Waals surface area contributed by atoms with Gasteiger partial charge in [-0.3, -0.25) is 0 Å². The van der Waals surface area contributed by atoms with Crippen LogP contribution >= 0.6 is 0 Å². The highest BCUT2D eigenvalue weighted by Crippen LogP contribution is 2.27. The molecule has 3 aromatic carbocycles. The molecule has 0 aliphatic carbocycles. The predicted octanol–water partition coefficient (Wildman–Crippen LogP) is 4.97. The Hall–Kier alpha value is -3.40. The number of ether oxygens (including phenoxy) is 2. The van der Waals surface area contributed by atoms with E-state index in [1.807, 2.05) is 85.8 Å². The van der Waals surface area contributed by atoms with Crippen LogP contribution in [0.25, 0.3) is 0 Å². The zero-order chi connectivity index (χ0) is 19.1. The van der Waals surface area contributed by atoms with Crippen LogP contribution in [0.3, 0.4) is 0 Å². The van der Waals surface area contributed by atoms with Gasteiger partial charge in [0.25, 0.3) is 0 Å². The molecule has 0 radical (unpaired) electrons. The molecule has 0 saturated heterocycles. The summed E-state index contributed by atoms with van der Waals surface area (Å²) in [5, 5.41) is 9.06. The van der Waals surface area contributed by atoms with Crippen molar-refractivity contribution in [2.75, 3.05) is 14.2 Å². The minimum atomic E-state index is 0.667. The van der Waals surface area contributed by atoms with Gasteiger partial charge in [0.2, 0.25) is 0 Å². The van der Waals surface area contributed by atoms with Crippen molar-refractivity contribution in [3.63, 3.8) is 0 Å². The maximum absolute atomic E-state index is 5.38. The van der Waals surface area contributed by atoms with Crippen LogP contribution in [0, 0.1) is 0 Å². The first-order valence-electron chi connectivity index (χ1n) is 8.68. The lowest BCUT2D eigenvalue weighted by Gasteiger charge is -2.09. The minimum Gasteiger partial charge on any atom is -0.493 e. The van der Waals surface area contributed by atoms with Gasteiger partial charge in [0.05, 0.1) is 19.9 Å². The SMILES string of the molecule is COc1ccc(/C(C)=N\N=C(c2ccccc2)c2ccccc2)cc1OC. The lowest BCUT2D eigenvalue weighted by molar-refractivity contribution is 0.355. The number of rotatable bonds is 6. The van der Waals surface area contributed by atoms with Gasteiger partial charge < -0.3 is 9.47 Å². The summed E-state index contributed by atoms with van der Waals surface area (Å²) in [6.45, 7) is 1.93. The molecule has 0 unspecified atom stereocenters. The van der Waals surface area contributed by atoms with E-state index >= 15 is 0 Å². The van der Waals surface area contributed by atoms with Crippen molar-refractivity contribution in [3.8, 4) is 11.5 Å². The Kier molecular flexibility index (Phi) is 6.00. The van der Waals surface area contributed by atoms with Crippen molar-refractivity contribution in [2.24, 2.45) is 10.2 Å². The predicted molar refractivity (Wildman–Crippen MR) is 110 cm³/mol. The van der Waals surface area contributed by atoms with Crippen LogP contribution in [-0.2, 0) is 0 Å². The van der Waals surface area contributed by atoms with Crippen LogP contribution in [0.2, 0.25) is 0 Å². The molecule has 3 aromatic rings. The molecule has 0 aromatic heterocycles. The van der Waals surface area contributed by atoms with Crippen molar-refractivity contribution in [2.45, 2.75) is 6.92 Å². The average Bonchev–Trinajstić information content (AvgIpc) is 2.74. The smallest absolute Gasteiger partial charge is 0.161 e. The number of hydrogen-bond acceptors (Lipinski definition) is 4. The second-order valence-corrected chi connectivity index (χ2v) is 5.94. The van der Waals surface area contributed by atoms with E-state index in [1.54, 1.807) is 14.2 Å². The maximum atomic E-state index is 5.38. The molecule has 0 atom stereocenters. The molecule has 4 nitrogen and oxygen atoms in total. The average molecular weight is 358 g/mol. The third-order valence-corrected chi connectivity index (χ3v) is 4.20. The quantitative estimate of drug-likeness (QED) is 0.461. The Labute approximate surface area is 159 Å². The Morgan fingerprint density at radius 1 is 0.630 bits per heavy atom. The van der Waals surface area contributed by atoms with Gasteiger partial charge in [0, 0.05) is 16.7 Å². The van der Waals surface area contributed by atoms with Crippen LogP contribution in [0.1, 0.15) is 23.6 Å². The normalized spacial score (nSPS) is 11.0. The zero-order valence-corrected chi connectivity index (χ0v) is 15.7. The van der Waals surface area contributed by atoms with E-state index in [-0.39, 0.29) is 0 Å². The topological polar surface area (TPSA) is 43.2 Å². The lowest BCUT2D eigenvalue weighted by Crippen LogP contribution is -2.03. The Balaban J connectivity index is 2.01. The third kappa shape index (κ3) is 4.42. The Morgan fingerprint density at radius 2 is 1.19 bits per heavy atom. The van der Waals surface area contributed by atoms with E-state index in [9.17, 15) is 0 Å². The monoisotopic (exact) mass is 358 g/mol. The van der Waals surface area contributed by atoms with Gasteiger partial charge in [0.1, 0.15) is 5.71 Å². The Morgan fingerprint density at radius 3 is 1.70 bits per heavy atom. The van der Waals surface area contributed by atoms with E-state index in [4.69, 9.17) is 9.47 Å². The summed E-state index contributed by atoms with van der Waals surface area (Å²) < 4.78 is 10.7. The van der Waals surface area contributed by atoms with E-state index in [1.165, 1.54) is 0 Å². The summed E-state index contributed by atoms with van der Waals surface area (Å²) in [4.78, 5) is 0. The summed E-state index contributed by atoms with van der Waals surface area (Å²) in [5.74, 6) is 1.35. The molecule has 0 saturated carbocycles. The second kappa shape index (κ2) is 8.81. The van der Waals surface area contributed by atoms with Crippen molar-refractivity contribution in [3.05, 3.63) is 95.6 Å². The highest BCUT2D eigenvalue weighted by atomic mass is 16.5. The molecule has 0 spiro atoms. The number of nitrogens with zero attached hydrogens (tertiary/aromatic N) is 2. The van der Waals surface area contributed by atoms with E-state index in [2.05, 4.69) is 10.2 Å². The number of hydrogen-bond donors (Lipinski definition) is 0. The molecule has 3 rings (SSSR count). The molecular weight excluding hydrogens is 336 g/mol. The standard InChI is InChI=1S/C23H22N2O2/c1-17(20-14-15-21(26-2)22(16-20)27-3)24-25-23(18-10-6-4-7-11-18)19-12-8-5-9-13-19/h4-16H,1-3H3/b24-17-. The molecular formula is C23H22N2O2. The van der Waals surface area contributed by atoms with Gasteiger partial charge in [-0.1, -0.05) is 60.7 Å². The van der Waals surface area contributed by atoms with Crippen molar-refractivity contribution in [1.82, 2.24) is 0 Å². The summed E-state index contributed by atoms with van der Waals surface area (Å²) in [5.41, 5.74) is 4.59. The van der Waals surface area contributed by atoms with Crippen molar-refractivity contribution in [1.29, 1.82) is 0 Å².